The van der Waals surface area contributed by atoms with Crippen molar-refractivity contribution in [2.45, 2.75) is 0 Å². The molecule has 1 rings (SSSR count). The molecule has 0 aliphatic heterocycles. The van der Waals surface area contributed by atoms with Gasteiger partial charge in [-0.1, -0.05) is 0 Å². The van der Waals surface area contributed by atoms with Crippen molar-refractivity contribution >= 4 is 12.0 Å². The highest BCUT2D eigenvalue weighted by Gasteiger charge is 2.09. The van der Waals surface area contributed by atoms with Crippen LogP contribution in [0.2, 0.25) is 0 Å². The Balaban J connectivity index is 3.01. The normalized spacial score (nSPS) is 10.9. The van der Waals surface area contributed by atoms with Crippen molar-refractivity contribution in [2.75, 3.05) is 14.1 Å². The molecule has 0 bridgehead atoms. The third kappa shape index (κ3) is 2.48. The summed E-state index contributed by atoms with van der Waals surface area (Å²) in [6, 6.07) is 1.66. The first-order valence-corrected chi connectivity index (χ1v) is 3.86. The lowest BCUT2D eigenvalue weighted by atomic mass is 10.3. The fraction of sp³-hybridized carbons (Fsp3) is 0.222. The zero-order valence-corrected chi connectivity index (χ0v) is 7.76. The molecule has 0 aliphatic carbocycles. The summed E-state index contributed by atoms with van der Waals surface area (Å²) in [6.45, 7) is 0. The van der Waals surface area contributed by atoms with Crippen molar-refractivity contribution in [3.8, 4) is 0 Å². The minimum Gasteiger partial charge on any atom is -0.369 e. The van der Waals surface area contributed by atoms with Crippen molar-refractivity contribution in [3.05, 3.63) is 29.6 Å². The predicted octanol–water partition coefficient (Wildman–Crippen LogP) is 2.33. The zero-order valence-electron chi connectivity index (χ0n) is 7.76. The van der Waals surface area contributed by atoms with Gasteiger partial charge in [-0.2, -0.15) is 0 Å². The molecular formula is C9H9F3N2. The van der Waals surface area contributed by atoms with E-state index in [0.717, 1.165) is 12.1 Å². The van der Waals surface area contributed by atoms with Crippen LogP contribution < -0.4 is 0 Å². The van der Waals surface area contributed by atoms with E-state index in [9.17, 15) is 13.2 Å². The average Bonchev–Trinajstić information content (AvgIpc) is 2.10. The van der Waals surface area contributed by atoms with E-state index in [4.69, 9.17) is 0 Å². The Morgan fingerprint density at radius 2 is 1.64 bits per heavy atom. The minimum atomic E-state index is -1.48. The summed E-state index contributed by atoms with van der Waals surface area (Å²) in [5.41, 5.74) is 0.0371. The van der Waals surface area contributed by atoms with Crippen LogP contribution >= 0.6 is 0 Å². The second kappa shape index (κ2) is 4.13. The molecule has 2 nitrogen and oxygen atoms in total. The van der Waals surface area contributed by atoms with Gasteiger partial charge in [0.15, 0.2) is 17.5 Å². The standard InChI is InChI=1S/C9H9F3N2/c1-14(2)5-13-6-3-7(10)9(12)8(11)4-6/h3-5H,1-2H3. The van der Waals surface area contributed by atoms with Gasteiger partial charge in [0.1, 0.15) is 0 Å². The van der Waals surface area contributed by atoms with Crippen LogP contribution in [0.4, 0.5) is 18.9 Å². The van der Waals surface area contributed by atoms with Gasteiger partial charge in [-0.05, 0) is 0 Å². The van der Waals surface area contributed by atoms with Gasteiger partial charge in [0.2, 0.25) is 0 Å². The first kappa shape index (κ1) is 10.6. The summed E-state index contributed by atoms with van der Waals surface area (Å²) < 4.78 is 37.8. The van der Waals surface area contributed by atoms with Crippen LogP contribution in [-0.2, 0) is 0 Å². The van der Waals surface area contributed by atoms with Gasteiger partial charge in [0, 0.05) is 26.2 Å². The Morgan fingerprint density at radius 1 is 1.14 bits per heavy atom. The highest BCUT2D eigenvalue weighted by molar-refractivity contribution is 5.60. The molecule has 0 aliphatic rings. The molecule has 0 fully saturated rings. The Hall–Kier alpha value is -1.52. The van der Waals surface area contributed by atoms with Crippen molar-refractivity contribution < 1.29 is 13.2 Å². The van der Waals surface area contributed by atoms with E-state index in [-0.39, 0.29) is 5.69 Å². The smallest absolute Gasteiger partial charge is 0.194 e. The number of aliphatic imine (C=N–C) groups is 1. The second-order valence-corrected chi connectivity index (χ2v) is 2.93. The zero-order chi connectivity index (χ0) is 10.7. The number of nitrogens with zero attached hydrogens (tertiary/aromatic N) is 2. The van der Waals surface area contributed by atoms with Crippen LogP contribution in [0.3, 0.4) is 0 Å². The van der Waals surface area contributed by atoms with E-state index in [1.165, 1.54) is 6.34 Å². The lowest BCUT2D eigenvalue weighted by Crippen LogP contribution is -2.07. The Kier molecular flexibility index (Phi) is 3.11. The maximum absolute atomic E-state index is 12.7. The summed E-state index contributed by atoms with van der Waals surface area (Å²) in [6.07, 6.45) is 1.37. The molecular weight excluding hydrogens is 193 g/mol. The number of rotatable bonds is 2. The molecule has 14 heavy (non-hydrogen) atoms. The molecule has 1 aromatic carbocycles. The monoisotopic (exact) mass is 202 g/mol. The van der Waals surface area contributed by atoms with E-state index < -0.39 is 17.5 Å². The first-order valence-electron chi connectivity index (χ1n) is 3.86. The van der Waals surface area contributed by atoms with E-state index in [0.29, 0.717) is 0 Å². The van der Waals surface area contributed by atoms with Crippen LogP contribution in [0.1, 0.15) is 0 Å². The molecule has 0 amide bonds. The average molecular weight is 202 g/mol. The molecule has 0 saturated carbocycles. The van der Waals surface area contributed by atoms with Crippen LogP contribution in [0.5, 0.6) is 0 Å². The van der Waals surface area contributed by atoms with Crippen molar-refractivity contribution in [1.82, 2.24) is 4.90 Å². The van der Waals surface area contributed by atoms with E-state index in [2.05, 4.69) is 4.99 Å². The lowest BCUT2D eigenvalue weighted by Gasteiger charge is -2.02. The van der Waals surface area contributed by atoms with Gasteiger partial charge in [0.05, 0.1) is 12.0 Å². The van der Waals surface area contributed by atoms with E-state index in [1.807, 2.05) is 0 Å². The number of hydrogen-bond donors (Lipinski definition) is 0. The molecule has 0 heterocycles. The summed E-state index contributed by atoms with van der Waals surface area (Å²) in [5, 5.41) is 0. The molecule has 5 heteroatoms. The molecule has 1 aromatic rings. The van der Waals surface area contributed by atoms with Crippen molar-refractivity contribution in [1.29, 1.82) is 0 Å². The summed E-state index contributed by atoms with van der Waals surface area (Å²) in [5.74, 6) is -3.96. The summed E-state index contributed by atoms with van der Waals surface area (Å²) in [4.78, 5) is 5.32. The predicted molar refractivity (Wildman–Crippen MR) is 48.2 cm³/mol. The first-order chi connectivity index (χ1) is 6.50. The van der Waals surface area contributed by atoms with Crippen molar-refractivity contribution in [2.24, 2.45) is 4.99 Å². The molecule has 0 spiro atoms. The highest BCUT2D eigenvalue weighted by Crippen LogP contribution is 2.19. The maximum atomic E-state index is 12.7. The number of hydrogen-bond acceptors (Lipinski definition) is 1. The summed E-state index contributed by atoms with van der Waals surface area (Å²) >= 11 is 0. The molecule has 0 N–H and O–H groups in total. The minimum absolute atomic E-state index is 0.0371. The van der Waals surface area contributed by atoms with Crippen LogP contribution in [0, 0.1) is 17.5 Å². The molecule has 0 aromatic heterocycles. The molecule has 0 unspecified atom stereocenters. The third-order valence-electron chi connectivity index (χ3n) is 1.41. The second-order valence-electron chi connectivity index (χ2n) is 2.93. The lowest BCUT2D eigenvalue weighted by molar-refractivity contribution is 0.447. The van der Waals surface area contributed by atoms with Gasteiger partial charge >= 0.3 is 0 Å². The molecule has 0 radical (unpaired) electrons. The summed E-state index contributed by atoms with van der Waals surface area (Å²) in [7, 11) is 3.42. The Labute approximate surface area is 79.7 Å². The van der Waals surface area contributed by atoms with Gasteiger partial charge < -0.3 is 4.90 Å². The third-order valence-corrected chi connectivity index (χ3v) is 1.41. The SMILES string of the molecule is CN(C)C=Nc1cc(F)c(F)c(F)c1. The van der Waals surface area contributed by atoms with Gasteiger partial charge in [-0.25, -0.2) is 18.2 Å². The topological polar surface area (TPSA) is 15.6 Å². The van der Waals surface area contributed by atoms with E-state index >= 15 is 0 Å². The van der Waals surface area contributed by atoms with Gasteiger partial charge in [-0.3, -0.25) is 0 Å². The van der Waals surface area contributed by atoms with Crippen molar-refractivity contribution in [3.63, 3.8) is 0 Å². The molecule has 0 saturated heterocycles. The Morgan fingerprint density at radius 3 is 2.07 bits per heavy atom. The molecule has 0 atom stereocenters. The van der Waals surface area contributed by atoms with Crippen LogP contribution in [-0.4, -0.2) is 25.3 Å². The fourth-order valence-electron chi connectivity index (χ4n) is 0.799. The van der Waals surface area contributed by atoms with Gasteiger partial charge in [-0.15, -0.1) is 0 Å². The molecule has 76 valence electrons. The van der Waals surface area contributed by atoms with Crippen LogP contribution in [0.25, 0.3) is 0 Å². The van der Waals surface area contributed by atoms with Gasteiger partial charge in [0.25, 0.3) is 0 Å². The largest absolute Gasteiger partial charge is 0.369 e. The number of halogens is 3. The van der Waals surface area contributed by atoms with Crippen LogP contribution in [0.15, 0.2) is 17.1 Å². The quantitative estimate of drug-likeness (QED) is 0.408. The fourth-order valence-corrected chi connectivity index (χ4v) is 0.799. The maximum Gasteiger partial charge on any atom is 0.194 e. The van der Waals surface area contributed by atoms with E-state index in [1.54, 1.807) is 19.0 Å². The number of benzene rings is 1. The Bertz CT molecular complexity index is 338. The highest BCUT2D eigenvalue weighted by atomic mass is 19.2.